The molecule has 2 aromatic heterocycles. The lowest BCUT2D eigenvalue weighted by atomic mass is 9.89. The van der Waals surface area contributed by atoms with E-state index in [1.54, 1.807) is 0 Å². The van der Waals surface area contributed by atoms with Gasteiger partial charge in [-0.1, -0.05) is 47.7 Å². The van der Waals surface area contributed by atoms with Crippen molar-refractivity contribution >= 4 is 55.4 Å². The number of pyridine rings is 1. The highest BCUT2D eigenvalue weighted by molar-refractivity contribution is 7.21. The van der Waals surface area contributed by atoms with Crippen molar-refractivity contribution in [1.82, 2.24) is 0 Å². The quantitative estimate of drug-likeness (QED) is 0.475. The van der Waals surface area contributed by atoms with Crippen LogP contribution in [0.4, 0.5) is 17.2 Å². The molecular weight excluding hydrogens is 432 g/mol. The number of nitrogen functional groups attached to an aromatic ring is 1. The first-order valence-corrected chi connectivity index (χ1v) is 12.4. The van der Waals surface area contributed by atoms with Crippen molar-refractivity contribution in [2.45, 2.75) is 25.7 Å². The Morgan fingerprint density at radius 2 is 1.79 bits per heavy atom. The molecule has 33 heavy (non-hydrogen) atoms. The number of hydrogen-bond acceptors (Lipinski definition) is 5. The number of nitrogens with one attached hydrogen (secondary N) is 2. The molecule has 168 valence electrons. The summed E-state index contributed by atoms with van der Waals surface area (Å²) in [6.45, 7) is 3.24. The number of nitrogens with two attached hydrogens (primary N) is 1. The highest BCUT2D eigenvalue weighted by Gasteiger charge is 2.31. The number of morpholine rings is 1. The van der Waals surface area contributed by atoms with Gasteiger partial charge in [-0.2, -0.15) is 0 Å². The molecule has 7 heteroatoms. The lowest BCUT2D eigenvalue weighted by molar-refractivity contribution is -0.328. The Morgan fingerprint density at radius 3 is 2.64 bits per heavy atom. The third-order valence-electron chi connectivity index (χ3n) is 6.80. The van der Waals surface area contributed by atoms with E-state index in [0.717, 1.165) is 72.2 Å². The number of benzene rings is 2. The monoisotopic (exact) mass is 459 g/mol. The molecule has 1 aliphatic heterocycles. The Morgan fingerprint density at radius 1 is 1.03 bits per heavy atom. The third-order valence-corrected chi connectivity index (χ3v) is 7.92. The van der Waals surface area contributed by atoms with Crippen LogP contribution in [-0.2, 0) is 17.6 Å². The first-order chi connectivity index (χ1) is 16.2. The number of fused-ring (bicyclic) bond motifs is 4. The Kier molecular flexibility index (Phi) is 5.15. The minimum atomic E-state index is -0.157. The fraction of sp³-hybridized carbons (Fsp3) is 0.308. The molecule has 1 saturated heterocycles. The lowest BCUT2D eigenvalue weighted by Gasteiger charge is -2.26. The topological polar surface area (TPSA) is 81.7 Å². The molecule has 4 N–H and O–H groups in total. The van der Waals surface area contributed by atoms with Crippen LogP contribution in [0.5, 0.6) is 0 Å². The van der Waals surface area contributed by atoms with Gasteiger partial charge in [-0.3, -0.25) is 9.69 Å². The first-order valence-electron chi connectivity index (χ1n) is 11.6. The summed E-state index contributed by atoms with van der Waals surface area (Å²) in [7, 11) is 0. The van der Waals surface area contributed by atoms with Crippen molar-refractivity contribution in [1.29, 1.82) is 0 Å². The fourth-order valence-corrected chi connectivity index (χ4v) is 6.24. The minimum absolute atomic E-state index is 0.157. The molecule has 0 saturated carbocycles. The molecule has 0 radical (unpaired) electrons. The van der Waals surface area contributed by atoms with Crippen molar-refractivity contribution < 1.29 is 14.5 Å². The van der Waals surface area contributed by atoms with Gasteiger partial charge in [-0.25, -0.2) is 4.98 Å². The SMILES string of the molecule is Nc1c(C(=O)Nc2cccc3ccccc23)sc2[nH+]c(N3CCOCC3)c3c(c12)CCCC3. The molecule has 2 aromatic carbocycles. The third kappa shape index (κ3) is 3.52. The first kappa shape index (κ1) is 20.4. The number of thiophene rings is 1. The van der Waals surface area contributed by atoms with Crippen molar-refractivity contribution in [3.63, 3.8) is 0 Å². The zero-order valence-electron chi connectivity index (χ0n) is 18.4. The summed E-state index contributed by atoms with van der Waals surface area (Å²) in [6, 6.07) is 14.0. The average Bonchev–Trinajstić information content (AvgIpc) is 3.21. The van der Waals surface area contributed by atoms with E-state index in [1.807, 2.05) is 42.5 Å². The van der Waals surface area contributed by atoms with Gasteiger partial charge < -0.3 is 15.8 Å². The number of aryl methyl sites for hydroxylation is 1. The smallest absolute Gasteiger partial charge is 0.279 e. The average molecular weight is 460 g/mol. The number of rotatable bonds is 3. The number of aromatic amines is 1. The summed E-state index contributed by atoms with van der Waals surface area (Å²) in [5.74, 6) is 1.03. The van der Waals surface area contributed by atoms with Crippen molar-refractivity contribution in [2.24, 2.45) is 0 Å². The molecule has 1 aliphatic carbocycles. The molecule has 0 atom stereocenters. The zero-order chi connectivity index (χ0) is 22.4. The van der Waals surface area contributed by atoms with Crippen LogP contribution in [0.3, 0.4) is 0 Å². The summed E-state index contributed by atoms with van der Waals surface area (Å²) in [5.41, 5.74) is 10.7. The molecule has 6 rings (SSSR count). The maximum atomic E-state index is 13.4. The van der Waals surface area contributed by atoms with Gasteiger partial charge in [0.2, 0.25) is 0 Å². The predicted molar refractivity (Wildman–Crippen MR) is 134 cm³/mol. The molecule has 2 aliphatic rings. The van der Waals surface area contributed by atoms with Crippen molar-refractivity contribution in [3.05, 3.63) is 58.5 Å². The number of ether oxygens (including phenoxy) is 1. The second-order valence-electron chi connectivity index (χ2n) is 8.77. The molecule has 4 aromatic rings. The fourth-order valence-electron chi connectivity index (χ4n) is 5.20. The molecule has 3 heterocycles. The Labute approximate surface area is 196 Å². The van der Waals surface area contributed by atoms with E-state index in [9.17, 15) is 4.79 Å². The Hall–Kier alpha value is -3.16. The summed E-state index contributed by atoms with van der Waals surface area (Å²) in [5, 5.41) is 6.26. The highest BCUT2D eigenvalue weighted by atomic mass is 32.1. The van der Waals surface area contributed by atoms with Crippen LogP contribution in [0.25, 0.3) is 21.0 Å². The van der Waals surface area contributed by atoms with Gasteiger partial charge in [0.05, 0.1) is 24.3 Å². The van der Waals surface area contributed by atoms with Gasteiger partial charge in [0, 0.05) is 16.6 Å². The van der Waals surface area contributed by atoms with Gasteiger partial charge in [0.1, 0.15) is 18.0 Å². The number of amides is 1. The maximum Gasteiger partial charge on any atom is 0.279 e. The van der Waals surface area contributed by atoms with Gasteiger partial charge in [0.15, 0.2) is 4.83 Å². The summed E-state index contributed by atoms with van der Waals surface area (Å²) in [6.07, 6.45) is 4.38. The van der Waals surface area contributed by atoms with Gasteiger partial charge >= 0.3 is 0 Å². The van der Waals surface area contributed by atoms with Crippen LogP contribution < -0.4 is 20.9 Å². The number of aromatic nitrogens is 1. The largest absolute Gasteiger partial charge is 0.397 e. The second kappa shape index (κ2) is 8.32. The van der Waals surface area contributed by atoms with E-state index in [1.165, 1.54) is 34.7 Å². The Balaban J connectivity index is 1.43. The molecule has 6 nitrogen and oxygen atoms in total. The number of nitrogens with zero attached hydrogens (tertiary/aromatic N) is 1. The standard InChI is InChI=1S/C26H26N4O2S/c27-22-21-18-9-3-4-10-19(18)24(30-12-14-32-15-13-30)29-26(21)33-23(22)25(31)28-20-11-5-7-16-6-1-2-8-17(16)20/h1-2,5-8,11H,3-4,9-10,12-15,27H2,(H,28,31)/p+1. The summed E-state index contributed by atoms with van der Waals surface area (Å²) in [4.78, 5) is 21.0. The lowest BCUT2D eigenvalue weighted by Crippen LogP contribution is -2.40. The van der Waals surface area contributed by atoms with Crippen LogP contribution in [0.2, 0.25) is 0 Å². The van der Waals surface area contributed by atoms with E-state index in [2.05, 4.69) is 15.2 Å². The number of H-pyrrole nitrogens is 1. The van der Waals surface area contributed by atoms with E-state index in [-0.39, 0.29) is 5.91 Å². The number of carbonyl (C=O) groups excluding carboxylic acids is 1. The van der Waals surface area contributed by atoms with E-state index >= 15 is 0 Å². The van der Waals surface area contributed by atoms with Gasteiger partial charge in [0.25, 0.3) is 11.7 Å². The summed E-state index contributed by atoms with van der Waals surface area (Å²) >= 11 is 1.46. The van der Waals surface area contributed by atoms with Crippen LogP contribution in [0.1, 0.15) is 33.6 Å². The van der Waals surface area contributed by atoms with Gasteiger partial charge in [-0.05, 0) is 42.7 Å². The van der Waals surface area contributed by atoms with Crippen LogP contribution in [0, 0.1) is 0 Å². The molecule has 1 fully saturated rings. The van der Waals surface area contributed by atoms with Crippen LogP contribution >= 0.6 is 11.3 Å². The molecule has 0 spiro atoms. The summed E-state index contributed by atoms with van der Waals surface area (Å²) < 4.78 is 5.57. The number of carbonyl (C=O) groups is 1. The van der Waals surface area contributed by atoms with E-state index in [4.69, 9.17) is 10.5 Å². The number of anilines is 3. The highest BCUT2D eigenvalue weighted by Crippen LogP contribution is 2.40. The Bertz CT molecular complexity index is 1370. The van der Waals surface area contributed by atoms with Crippen LogP contribution in [-0.4, -0.2) is 32.2 Å². The van der Waals surface area contributed by atoms with E-state index < -0.39 is 0 Å². The van der Waals surface area contributed by atoms with Crippen molar-refractivity contribution in [3.8, 4) is 0 Å². The minimum Gasteiger partial charge on any atom is -0.397 e. The second-order valence-corrected chi connectivity index (χ2v) is 9.79. The van der Waals surface area contributed by atoms with Crippen molar-refractivity contribution in [2.75, 3.05) is 42.3 Å². The molecule has 1 amide bonds. The zero-order valence-corrected chi connectivity index (χ0v) is 19.3. The predicted octanol–water partition coefficient (Wildman–Crippen LogP) is 4.42. The molecule has 0 bridgehead atoms. The molecular formula is C26H27N4O2S+. The van der Waals surface area contributed by atoms with Crippen LogP contribution in [0.15, 0.2) is 42.5 Å². The normalized spacial score (nSPS) is 16.2. The van der Waals surface area contributed by atoms with E-state index in [0.29, 0.717) is 10.6 Å². The maximum absolute atomic E-state index is 13.4. The van der Waals surface area contributed by atoms with Gasteiger partial charge in [-0.15, -0.1) is 0 Å². The molecule has 0 unspecified atom stereocenters. The number of hydrogen-bond donors (Lipinski definition) is 2.